The molecule has 0 aliphatic heterocycles. The third kappa shape index (κ3) is 4.51. The summed E-state index contributed by atoms with van der Waals surface area (Å²) in [4.78, 5) is 2.51. The van der Waals surface area contributed by atoms with Gasteiger partial charge in [-0.2, -0.15) is 0 Å². The van der Waals surface area contributed by atoms with Crippen LogP contribution >= 0.6 is 0 Å². The van der Waals surface area contributed by atoms with Gasteiger partial charge in [0.15, 0.2) is 0 Å². The standard InChI is InChI=1S/C7H11N3O2/c1-2-6(11)7(12)4-3-5-9-10-8/h2-4,6-7,11-12H,1,5H2/b4-3+/t6-,7+/m1/s1. The highest BCUT2D eigenvalue weighted by Gasteiger charge is 2.06. The Morgan fingerprint density at radius 2 is 2.17 bits per heavy atom. The summed E-state index contributed by atoms with van der Waals surface area (Å²) in [5.74, 6) is 0. The molecule has 5 heteroatoms. The predicted molar refractivity (Wildman–Crippen MR) is 45.4 cm³/mol. The molecule has 5 nitrogen and oxygen atoms in total. The first-order chi connectivity index (χ1) is 5.72. The predicted octanol–water partition coefficient (Wildman–Crippen LogP) is 0.761. The van der Waals surface area contributed by atoms with Crippen LogP contribution in [0.2, 0.25) is 0 Å². The van der Waals surface area contributed by atoms with Crippen molar-refractivity contribution in [3.8, 4) is 0 Å². The summed E-state index contributed by atoms with van der Waals surface area (Å²) < 4.78 is 0. The summed E-state index contributed by atoms with van der Waals surface area (Å²) in [6.45, 7) is 3.46. The molecule has 2 N–H and O–H groups in total. The fraction of sp³-hybridized carbons (Fsp3) is 0.429. The minimum absolute atomic E-state index is 0.164. The topological polar surface area (TPSA) is 89.2 Å². The van der Waals surface area contributed by atoms with Crippen LogP contribution in [0.1, 0.15) is 0 Å². The SMILES string of the molecule is C=C[C@@H](O)[C@@H](O)/C=C/CN=[N+]=[N-]. The van der Waals surface area contributed by atoms with E-state index in [1.165, 1.54) is 18.2 Å². The lowest BCUT2D eigenvalue weighted by atomic mass is 10.2. The van der Waals surface area contributed by atoms with Crippen molar-refractivity contribution in [3.05, 3.63) is 35.2 Å². The Morgan fingerprint density at radius 1 is 1.50 bits per heavy atom. The zero-order valence-electron chi connectivity index (χ0n) is 6.54. The van der Waals surface area contributed by atoms with Gasteiger partial charge < -0.3 is 10.2 Å². The first kappa shape index (κ1) is 10.7. The van der Waals surface area contributed by atoms with Crippen molar-refractivity contribution >= 4 is 0 Å². The van der Waals surface area contributed by atoms with Gasteiger partial charge in [0.25, 0.3) is 0 Å². The Morgan fingerprint density at radius 3 is 2.67 bits per heavy atom. The lowest BCUT2D eigenvalue weighted by molar-refractivity contribution is 0.0810. The fourth-order valence-electron chi connectivity index (χ4n) is 0.537. The van der Waals surface area contributed by atoms with Gasteiger partial charge in [-0.05, 0) is 5.53 Å². The van der Waals surface area contributed by atoms with E-state index in [1.807, 2.05) is 0 Å². The van der Waals surface area contributed by atoms with Crippen LogP contribution < -0.4 is 0 Å². The van der Waals surface area contributed by atoms with Gasteiger partial charge in [-0.25, -0.2) is 0 Å². The van der Waals surface area contributed by atoms with Crippen molar-refractivity contribution in [2.45, 2.75) is 12.2 Å². The summed E-state index contributed by atoms with van der Waals surface area (Å²) in [6.07, 6.45) is 2.07. The first-order valence-electron chi connectivity index (χ1n) is 3.38. The number of rotatable bonds is 5. The van der Waals surface area contributed by atoms with Gasteiger partial charge in [0, 0.05) is 11.5 Å². The molecule has 0 amide bonds. The van der Waals surface area contributed by atoms with Crippen LogP contribution in [0.5, 0.6) is 0 Å². The van der Waals surface area contributed by atoms with E-state index in [9.17, 15) is 0 Å². The molecule has 66 valence electrons. The highest BCUT2D eigenvalue weighted by molar-refractivity contribution is 4.98. The van der Waals surface area contributed by atoms with E-state index in [4.69, 9.17) is 15.7 Å². The van der Waals surface area contributed by atoms with E-state index in [1.54, 1.807) is 0 Å². The Hall–Kier alpha value is -1.29. The molecule has 0 aliphatic carbocycles. The maximum Gasteiger partial charge on any atom is 0.102 e. The van der Waals surface area contributed by atoms with Crippen molar-refractivity contribution in [1.29, 1.82) is 0 Å². The average molecular weight is 169 g/mol. The van der Waals surface area contributed by atoms with Gasteiger partial charge in [0.1, 0.15) is 12.2 Å². The molecule has 0 rings (SSSR count). The number of azide groups is 1. The molecule has 2 atom stereocenters. The maximum atomic E-state index is 9.07. The van der Waals surface area contributed by atoms with Gasteiger partial charge in [-0.3, -0.25) is 0 Å². The molecule has 0 aliphatic rings. The van der Waals surface area contributed by atoms with Crippen molar-refractivity contribution in [2.24, 2.45) is 5.11 Å². The van der Waals surface area contributed by atoms with Gasteiger partial charge in [0.2, 0.25) is 0 Å². The second kappa shape index (κ2) is 6.42. The lowest BCUT2D eigenvalue weighted by Gasteiger charge is -2.08. The minimum atomic E-state index is -0.989. The van der Waals surface area contributed by atoms with Crippen LogP contribution in [0.25, 0.3) is 10.4 Å². The zero-order valence-corrected chi connectivity index (χ0v) is 6.54. The number of aliphatic hydroxyl groups excluding tert-OH is 2. The normalized spacial score (nSPS) is 15.2. The van der Waals surface area contributed by atoms with E-state index >= 15 is 0 Å². The Balaban J connectivity index is 3.81. The van der Waals surface area contributed by atoms with Gasteiger partial charge in [0.05, 0.1) is 0 Å². The van der Waals surface area contributed by atoms with Crippen LogP contribution in [0.15, 0.2) is 29.9 Å². The molecule has 12 heavy (non-hydrogen) atoms. The smallest absolute Gasteiger partial charge is 0.102 e. The Labute approximate surface area is 70.3 Å². The van der Waals surface area contributed by atoms with Crippen molar-refractivity contribution in [2.75, 3.05) is 6.54 Å². The van der Waals surface area contributed by atoms with Crippen molar-refractivity contribution in [3.63, 3.8) is 0 Å². The number of aliphatic hydroxyl groups is 2. The molecule has 0 bridgehead atoms. The summed E-state index contributed by atoms with van der Waals surface area (Å²) in [7, 11) is 0. The van der Waals surface area contributed by atoms with Crippen LogP contribution in [-0.2, 0) is 0 Å². The summed E-state index contributed by atoms with van der Waals surface area (Å²) >= 11 is 0. The highest BCUT2D eigenvalue weighted by atomic mass is 16.3. The molecule has 0 aromatic carbocycles. The van der Waals surface area contributed by atoms with Gasteiger partial charge in [-0.1, -0.05) is 23.3 Å². The monoisotopic (exact) mass is 169 g/mol. The number of nitrogens with zero attached hydrogens (tertiary/aromatic N) is 3. The molecular weight excluding hydrogens is 158 g/mol. The molecule has 0 saturated carbocycles. The minimum Gasteiger partial charge on any atom is -0.386 e. The number of hydrogen-bond acceptors (Lipinski definition) is 3. The summed E-state index contributed by atoms with van der Waals surface area (Å²) in [5.41, 5.74) is 7.88. The Bertz CT molecular complexity index is 209. The first-order valence-corrected chi connectivity index (χ1v) is 3.38. The van der Waals surface area contributed by atoms with Crippen LogP contribution in [0.4, 0.5) is 0 Å². The van der Waals surface area contributed by atoms with E-state index in [0.717, 1.165) is 0 Å². The average Bonchev–Trinajstić information content (AvgIpc) is 2.10. The molecule has 0 unspecified atom stereocenters. The second-order valence-corrected chi connectivity index (χ2v) is 2.06. The van der Waals surface area contributed by atoms with Gasteiger partial charge in [-0.15, -0.1) is 6.58 Å². The molecular formula is C7H11N3O2. The van der Waals surface area contributed by atoms with E-state index in [2.05, 4.69) is 16.6 Å². The third-order valence-corrected chi connectivity index (χ3v) is 1.17. The molecule has 0 saturated heterocycles. The number of hydrogen-bond donors (Lipinski definition) is 2. The molecule has 0 spiro atoms. The van der Waals surface area contributed by atoms with Crippen LogP contribution in [0, 0.1) is 0 Å². The highest BCUT2D eigenvalue weighted by Crippen LogP contribution is 1.95. The van der Waals surface area contributed by atoms with E-state index in [0.29, 0.717) is 0 Å². The zero-order chi connectivity index (χ0) is 9.40. The lowest BCUT2D eigenvalue weighted by Crippen LogP contribution is -2.20. The molecule has 0 radical (unpaired) electrons. The maximum absolute atomic E-state index is 9.07. The Kier molecular flexibility index (Phi) is 5.73. The van der Waals surface area contributed by atoms with Crippen LogP contribution in [0.3, 0.4) is 0 Å². The quantitative estimate of drug-likeness (QED) is 0.275. The van der Waals surface area contributed by atoms with E-state index in [-0.39, 0.29) is 6.54 Å². The van der Waals surface area contributed by atoms with Gasteiger partial charge >= 0.3 is 0 Å². The molecule has 0 fully saturated rings. The molecule has 0 heterocycles. The largest absolute Gasteiger partial charge is 0.386 e. The van der Waals surface area contributed by atoms with Crippen molar-refractivity contribution < 1.29 is 10.2 Å². The second-order valence-electron chi connectivity index (χ2n) is 2.06. The van der Waals surface area contributed by atoms with Crippen molar-refractivity contribution in [1.82, 2.24) is 0 Å². The van der Waals surface area contributed by atoms with E-state index < -0.39 is 12.2 Å². The third-order valence-electron chi connectivity index (χ3n) is 1.17. The summed E-state index contributed by atoms with van der Waals surface area (Å²) in [6, 6.07) is 0. The molecule has 0 aromatic rings. The summed E-state index contributed by atoms with van der Waals surface area (Å²) in [5, 5.41) is 21.2. The fourth-order valence-corrected chi connectivity index (χ4v) is 0.537. The molecule has 0 aromatic heterocycles. The van der Waals surface area contributed by atoms with Crippen LogP contribution in [-0.4, -0.2) is 29.0 Å².